The third kappa shape index (κ3) is 3.44. The summed E-state index contributed by atoms with van der Waals surface area (Å²) < 4.78 is 5.37. The van der Waals surface area contributed by atoms with E-state index in [-0.39, 0.29) is 0 Å². The van der Waals surface area contributed by atoms with Gasteiger partial charge >= 0.3 is 0 Å². The van der Waals surface area contributed by atoms with Crippen LogP contribution in [-0.4, -0.2) is 12.0 Å². The normalized spacial score (nSPS) is 14.7. The van der Waals surface area contributed by atoms with Crippen molar-refractivity contribution in [3.8, 4) is 5.75 Å². The Labute approximate surface area is 112 Å². The van der Waals surface area contributed by atoms with Crippen LogP contribution < -0.4 is 4.74 Å². The standard InChI is InChI=1S/C15H17NO3/c1-19-15-8-4-7-13(9-10-16(17)18)14(15)11-12-5-2-3-6-12/h4-5,7-10H,2-3,6,11H2,1H3/b10-9+. The van der Waals surface area contributed by atoms with E-state index in [4.69, 9.17) is 4.74 Å². The van der Waals surface area contributed by atoms with Crippen molar-refractivity contribution in [3.63, 3.8) is 0 Å². The van der Waals surface area contributed by atoms with E-state index in [1.165, 1.54) is 18.1 Å². The van der Waals surface area contributed by atoms with Gasteiger partial charge in [-0.3, -0.25) is 10.1 Å². The molecule has 0 spiro atoms. The van der Waals surface area contributed by atoms with E-state index in [0.29, 0.717) is 0 Å². The van der Waals surface area contributed by atoms with Crippen molar-refractivity contribution < 1.29 is 9.66 Å². The van der Waals surface area contributed by atoms with Crippen molar-refractivity contribution in [1.29, 1.82) is 0 Å². The second kappa shape index (κ2) is 6.18. The Hall–Kier alpha value is -2.10. The molecule has 0 saturated heterocycles. The Kier molecular flexibility index (Phi) is 4.34. The molecule has 0 aromatic heterocycles. The Morgan fingerprint density at radius 1 is 1.47 bits per heavy atom. The van der Waals surface area contributed by atoms with E-state index in [1.807, 2.05) is 18.2 Å². The molecular weight excluding hydrogens is 242 g/mol. The molecule has 1 aliphatic carbocycles. The number of nitrogens with zero attached hydrogens (tertiary/aromatic N) is 1. The van der Waals surface area contributed by atoms with Gasteiger partial charge in [-0.1, -0.05) is 23.8 Å². The number of ether oxygens (including phenoxy) is 1. The van der Waals surface area contributed by atoms with Gasteiger partial charge in [0.2, 0.25) is 6.20 Å². The quantitative estimate of drug-likeness (QED) is 0.461. The van der Waals surface area contributed by atoms with Crippen LogP contribution in [0.1, 0.15) is 30.4 Å². The first-order chi connectivity index (χ1) is 9.20. The molecule has 0 fully saturated rings. The summed E-state index contributed by atoms with van der Waals surface area (Å²) in [6, 6.07) is 5.63. The van der Waals surface area contributed by atoms with E-state index in [0.717, 1.165) is 42.3 Å². The first-order valence-corrected chi connectivity index (χ1v) is 6.36. The molecular formula is C15H17NO3. The van der Waals surface area contributed by atoms with Crippen LogP contribution in [0.15, 0.2) is 36.0 Å². The molecule has 0 radical (unpaired) electrons. The Morgan fingerprint density at radius 2 is 2.32 bits per heavy atom. The smallest absolute Gasteiger partial charge is 0.235 e. The number of hydrogen-bond acceptors (Lipinski definition) is 3. The summed E-state index contributed by atoms with van der Waals surface area (Å²) >= 11 is 0. The van der Waals surface area contributed by atoms with Gasteiger partial charge in [0.25, 0.3) is 0 Å². The van der Waals surface area contributed by atoms with Crippen LogP contribution in [0.2, 0.25) is 0 Å². The molecule has 4 nitrogen and oxygen atoms in total. The zero-order valence-electron chi connectivity index (χ0n) is 11.0. The van der Waals surface area contributed by atoms with Gasteiger partial charge in [0.15, 0.2) is 0 Å². The zero-order valence-corrected chi connectivity index (χ0v) is 11.0. The van der Waals surface area contributed by atoms with E-state index >= 15 is 0 Å². The van der Waals surface area contributed by atoms with Crippen LogP contribution in [0.5, 0.6) is 5.75 Å². The van der Waals surface area contributed by atoms with Crippen LogP contribution in [0, 0.1) is 10.1 Å². The largest absolute Gasteiger partial charge is 0.496 e. The van der Waals surface area contributed by atoms with Crippen LogP contribution in [-0.2, 0) is 6.42 Å². The summed E-state index contributed by atoms with van der Waals surface area (Å²) in [6.07, 6.45) is 9.01. The summed E-state index contributed by atoms with van der Waals surface area (Å²) in [5, 5.41) is 10.5. The molecule has 1 aromatic carbocycles. The van der Waals surface area contributed by atoms with Crippen LogP contribution >= 0.6 is 0 Å². The summed E-state index contributed by atoms with van der Waals surface area (Å²) in [5.74, 6) is 0.790. The SMILES string of the molecule is COc1cccc(/C=C/[N+](=O)[O-])c1CC1=CCCC1. The number of rotatable bonds is 5. The molecule has 0 aliphatic heterocycles. The molecule has 0 amide bonds. The molecule has 1 aliphatic rings. The van der Waals surface area contributed by atoms with Crippen molar-refractivity contribution >= 4 is 6.08 Å². The van der Waals surface area contributed by atoms with E-state index < -0.39 is 4.92 Å². The van der Waals surface area contributed by atoms with Crippen molar-refractivity contribution in [2.45, 2.75) is 25.7 Å². The maximum Gasteiger partial charge on any atom is 0.235 e. The topological polar surface area (TPSA) is 52.4 Å². The fourth-order valence-electron chi connectivity index (χ4n) is 2.39. The Morgan fingerprint density at radius 3 is 2.95 bits per heavy atom. The highest BCUT2D eigenvalue weighted by atomic mass is 16.6. The van der Waals surface area contributed by atoms with Gasteiger partial charge in [0.05, 0.1) is 12.0 Å². The first-order valence-electron chi connectivity index (χ1n) is 6.36. The molecule has 0 atom stereocenters. The van der Waals surface area contributed by atoms with Crippen LogP contribution in [0.25, 0.3) is 6.08 Å². The van der Waals surface area contributed by atoms with E-state index in [9.17, 15) is 10.1 Å². The van der Waals surface area contributed by atoms with Crippen molar-refractivity contribution in [3.05, 3.63) is 57.3 Å². The second-order valence-electron chi connectivity index (χ2n) is 4.56. The zero-order chi connectivity index (χ0) is 13.7. The lowest BCUT2D eigenvalue weighted by molar-refractivity contribution is -0.400. The van der Waals surface area contributed by atoms with Gasteiger partial charge in [0.1, 0.15) is 5.75 Å². The average Bonchev–Trinajstić information content (AvgIpc) is 2.90. The second-order valence-corrected chi connectivity index (χ2v) is 4.56. The van der Waals surface area contributed by atoms with Gasteiger partial charge in [-0.05, 0) is 37.3 Å². The van der Waals surface area contributed by atoms with Gasteiger partial charge < -0.3 is 4.74 Å². The molecule has 19 heavy (non-hydrogen) atoms. The third-order valence-corrected chi connectivity index (χ3v) is 3.30. The lowest BCUT2D eigenvalue weighted by atomic mass is 9.98. The Bertz CT molecular complexity index is 532. The van der Waals surface area contributed by atoms with Crippen molar-refractivity contribution in [1.82, 2.24) is 0 Å². The molecule has 0 unspecified atom stereocenters. The highest BCUT2D eigenvalue weighted by Crippen LogP contribution is 2.29. The lowest BCUT2D eigenvalue weighted by Gasteiger charge is -2.12. The fourth-order valence-corrected chi connectivity index (χ4v) is 2.39. The fraction of sp³-hybridized carbons (Fsp3) is 0.333. The number of methoxy groups -OCH3 is 1. The lowest BCUT2D eigenvalue weighted by Crippen LogP contribution is -1.97. The highest BCUT2D eigenvalue weighted by Gasteiger charge is 2.12. The van der Waals surface area contributed by atoms with Crippen molar-refractivity contribution in [2.75, 3.05) is 7.11 Å². The van der Waals surface area contributed by atoms with E-state index in [2.05, 4.69) is 6.08 Å². The molecule has 0 saturated carbocycles. The molecule has 0 bridgehead atoms. The minimum atomic E-state index is -0.446. The summed E-state index contributed by atoms with van der Waals surface area (Å²) in [6.45, 7) is 0. The summed E-state index contributed by atoms with van der Waals surface area (Å²) in [4.78, 5) is 10.0. The molecule has 0 N–H and O–H groups in total. The predicted molar refractivity (Wildman–Crippen MR) is 74.7 cm³/mol. The molecule has 0 heterocycles. The minimum Gasteiger partial charge on any atom is -0.496 e. The monoisotopic (exact) mass is 259 g/mol. The molecule has 2 rings (SSSR count). The summed E-state index contributed by atoms with van der Waals surface area (Å²) in [5.41, 5.74) is 3.26. The number of nitro groups is 1. The number of benzene rings is 1. The van der Waals surface area contributed by atoms with Gasteiger partial charge in [-0.15, -0.1) is 0 Å². The first kappa shape index (κ1) is 13.3. The predicted octanol–water partition coefficient (Wildman–Crippen LogP) is 3.60. The maximum atomic E-state index is 10.5. The molecule has 1 aromatic rings. The minimum absolute atomic E-state index is 0.446. The third-order valence-electron chi connectivity index (χ3n) is 3.30. The highest BCUT2D eigenvalue weighted by molar-refractivity contribution is 5.58. The van der Waals surface area contributed by atoms with E-state index in [1.54, 1.807) is 7.11 Å². The van der Waals surface area contributed by atoms with Gasteiger partial charge in [-0.2, -0.15) is 0 Å². The summed E-state index contributed by atoms with van der Waals surface area (Å²) in [7, 11) is 1.63. The van der Waals surface area contributed by atoms with Crippen molar-refractivity contribution in [2.24, 2.45) is 0 Å². The van der Waals surface area contributed by atoms with Crippen LogP contribution in [0.3, 0.4) is 0 Å². The number of hydrogen-bond donors (Lipinski definition) is 0. The van der Waals surface area contributed by atoms with Gasteiger partial charge in [-0.25, -0.2) is 0 Å². The molecule has 4 heteroatoms. The molecule has 100 valence electrons. The Balaban J connectivity index is 2.33. The number of allylic oxidation sites excluding steroid dienone is 2. The van der Waals surface area contributed by atoms with Gasteiger partial charge in [0, 0.05) is 11.6 Å². The average molecular weight is 259 g/mol. The van der Waals surface area contributed by atoms with Crippen LogP contribution in [0.4, 0.5) is 0 Å². The maximum absolute atomic E-state index is 10.5.